The Morgan fingerprint density at radius 2 is 1.82 bits per heavy atom. The minimum Gasteiger partial charge on any atom is -0.354 e. The Kier molecular flexibility index (Phi) is 9.07. The van der Waals surface area contributed by atoms with Crippen LogP contribution < -0.4 is 10.9 Å². The molecule has 8 nitrogen and oxygen atoms in total. The van der Waals surface area contributed by atoms with Gasteiger partial charge in [0.25, 0.3) is 5.56 Å². The third-order valence-electron chi connectivity index (χ3n) is 6.90. The SMILES string of the molecule is CCNc1ncc2cc(-c3ccc(-c4cncc(C)n4)cc3Cl)c(=O)n(C)c2n1.CN(C)C1CCCCC1. The lowest BCUT2D eigenvalue weighted by molar-refractivity contribution is 0.229. The van der Waals surface area contributed by atoms with Gasteiger partial charge in [0.1, 0.15) is 5.65 Å². The molecule has 1 fully saturated rings. The Balaban J connectivity index is 0.000000317. The lowest BCUT2D eigenvalue weighted by Crippen LogP contribution is -2.29. The van der Waals surface area contributed by atoms with Crippen LogP contribution >= 0.6 is 11.6 Å². The van der Waals surface area contributed by atoms with E-state index in [0.29, 0.717) is 34.3 Å². The Hall–Kier alpha value is -3.36. The van der Waals surface area contributed by atoms with Crippen LogP contribution in [0.3, 0.4) is 0 Å². The molecular formula is C29H36ClN7O. The van der Waals surface area contributed by atoms with Gasteiger partial charge in [-0.05, 0) is 52.9 Å². The predicted molar refractivity (Wildman–Crippen MR) is 156 cm³/mol. The minimum absolute atomic E-state index is 0.177. The number of aryl methyl sites for hydroxylation is 2. The fourth-order valence-corrected chi connectivity index (χ4v) is 5.06. The lowest BCUT2D eigenvalue weighted by Gasteiger charge is -2.27. The molecule has 0 spiro atoms. The maximum Gasteiger partial charge on any atom is 0.259 e. The molecule has 0 aliphatic heterocycles. The second-order valence-corrected chi connectivity index (χ2v) is 10.3. The molecule has 1 N–H and O–H groups in total. The van der Waals surface area contributed by atoms with Gasteiger partial charge in [0.2, 0.25) is 5.95 Å². The number of fused-ring (bicyclic) bond motifs is 1. The highest BCUT2D eigenvalue weighted by Crippen LogP contribution is 2.31. The average molecular weight is 534 g/mol. The first kappa shape index (κ1) is 27.7. The van der Waals surface area contributed by atoms with Gasteiger partial charge in [0.05, 0.1) is 17.6 Å². The van der Waals surface area contributed by atoms with Crippen molar-refractivity contribution in [2.75, 3.05) is 26.0 Å². The van der Waals surface area contributed by atoms with Crippen molar-refractivity contribution in [2.45, 2.75) is 52.0 Å². The molecule has 0 atom stereocenters. The summed E-state index contributed by atoms with van der Waals surface area (Å²) in [5.74, 6) is 0.490. The summed E-state index contributed by atoms with van der Waals surface area (Å²) >= 11 is 6.56. The van der Waals surface area contributed by atoms with Crippen LogP contribution in [0.1, 0.15) is 44.7 Å². The summed E-state index contributed by atoms with van der Waals surface area (Å²) in [6.45, 7) is 4.54. The smallest absolute Gasteiger partial charge is 0.259 e. The van der Waals surface area contributed by atoms with Gasteiger partial charge in [-0.1, -0.05) is 43.0 Å². The van der Waals surface area contributed by atoms with Gasteiger partial charge in [-0.3, -0.25) is 14.3 Å². The molecule has 9 heteroatoms. The van der Waals surface area contributed by atoms with Crippen molar-refractivity contribution in [3.63, 3.8) is 0 Å². The van der Waals surface area contributed by atoms with E-state index in [1.165, 1.54) is 36.7 Å². The summed E-state index contributed by atoms with van der Waals surface area (Å²) < 4.78 is 1.52. The number of rotatable bonds is 5. The molecule has 0 saturated heterocycles. The van der Waals surface area contributed by atoms with Gasteiger partial charge in [-0.2, -0.15) is 4.98 Å². The van der Waals surface area contributed by atoms with Crippen molar-refractivity contribution in [1.29, 1.82) is 0 Å². The van der Waals surface area contributed by atoms with Crippen molar-refractivity contribution >= 4 is 28.6 Å². The maximum absolute atomic E-state index is 13.0. The van der Waals surface area contributed by atoms with E-state index in [2.05, 4.69) is 44.2 Å². The summed E-state index contributed by atoms with van der Waals surface area (Å²) in [5, 5.41) is 4.28. The number of pyridine rings is 1. The molecule has 3 heterocycles. The zero-order valence-electron chi connectivity index (χ0n) is 22.8. The fraction of sp³-hybridized carbons (Fsp3) is 0.414. The molecule has 5 rings (SSSR count). The lowest BCUT2D eigenvalue weighted by atomic mass is 9.95. The number of nitrogens with zero attached hydrogens (tertiary/aromatic N) is 6. The predicted octanol–water partition coefficient (Wildman–Crippen LogP) is 5.73. The molecule has 1 aliphatic carbocycles. The monoisotopic (exact) mass is 533 g/mol. The van der Waals surface area contributed by atoms with Gasteiger partial charge in [-0.25, -0.2) is 9.97 Å². The zero-order chi connectivity index (χ0) is 27.2. The molecule has 1 aliphatic rings. The van der Waals surface area contributed by atoms with Gasteiger partial charge in [0.15, 0.2) is 0 Å². The first-order chi connectivity index (χ1) is 18.3. The standard InChI is InChI=1S/C21H19ClN6O.C8H17N/c1-4-24-21-25-10-14-7-16(20(29)28(3)19(14)27-21)15-6-5-13(8-17(15)22)18-11-23-9-12(2)26-18;1-9(2)8-6-4-3-5-7-8/h5-11H,4H2,1-3H3,(H,24,25,27);8H,3-7H2,1-2H3. The number of aromatic nitrogens is 5. The molecule has 0 amide bonds. The van der Waals surface area contributed by atoms with Gasteiger partial charge < -0.3 is 10.2 Å². The van der Waals surface area contributed by atoms with Crippen LogP contribution in [0, 0.1) is 6.92 Å². The van der Waals surface area contributed by atoms with E-state index in [4.69, 9.17) is 11.6 Å². The van der Waals surface area contributed by atoms with E-state index in [0.717, 1.165) is 28.4 Å². The second kappa shape index (κ2) is 12.5. The van der Waals surface area contributed by atoms with E-state index in [-0.39, 0.29) is 5.56 Å². The second-order valence-electron chi connectivity index (χ2n) is 9.92. The van der Waals surface area contributed by atoms with E-state index in [1.807, 2.05) is 26.0 Å². The quantitative estimate of drug-likeness (QED) is 0.350. The molecule has 0 radical (unpaired) electrons. The molecule has 1 aromatic carbocycles. The van der Waals surface area contributed by atoms with Gasteiger partial charge >= 0.3 is 0 Å². The van der Waals surface area contributed by atoms with Crippen LogP contribution in [0.4, 0.5) is 5.95 Å². The zero-order valence-corrected chi connectivity index (χ0v) is 23.6. The van der Waals surface area contributed by atoms with Crippen molar-refractivity contribution < 1.29 is 0 Å². The van der Waals surface area contributed by atoms with Crippen LogP contribution in [0.5, 0.6) is 0 Å². The molecule has 0 unspecified atom stereocenters. The first-order valence-corrected chi connectivity index (χ1v) is 13.5. The van der Waals surface area contributed by atoms with Crippen LogP contribution in [0.25, 0.3) is 33.4 Å². The van der Waals surface area contributed by atoms with Gasteiger partial charge in [-0.15, -0.1) is 0 Å². The molecule has 38 heavy (non-hydrogen) atoms. The van der Waals surface area contributed by atoms with Crippen LogP contribution in [-0.2, 0) is 7.05 Å². The molecule has 0 bridgehead atoms. The average Bonchev–Trinajstić information content (AvgIpc) is 2.92. The number of hydrogen-bond acceptors (Lipinski definition) is 7. The summed E-state index contributed by atoms with van der Waals surface area (Å²) in [5.41, 5.74) is 3.92. The fourth-order valence-electron chi connectivity index (χ4n) is 4.78. The molecule has 4 aromatic rings. The summed E-state index contributed by atoms with van der Waals surface area (Å²) in [4.78, 5) is 32.7. The Morgan fingerprint density at radius 3 is 2.45 bits per heavy atom. The van der Waals surface area contributed by atoms with Crippen molar-refractivity contribution in [2.24, 2.45) is 7.05 Å². The number of anilines is 1. The minimum atomic E-state index is -0.177. The van der Waals surface area contributed by atoms with Crippen LogP contribution in [0.15, 0.2) is 47.7 Å². The third kappa shape index (κ3) is 6.37. The first-order valence-electron chi connectivity index (χ1n) is 13.1. The summed E-state index contributed by atoms with van der Waals surface area (Å²) in [6, 6.07) is 8.19. The van der Waals surface area contributed by atoms with Gasteiger partial charge in [0, 0.05) is 59.1 Å². The van der Waals surface area contributed by atoms with Crippen molar-refractivity contribution in [1.82, 2.24) is 29.4 Å². The van der Waals surface area contributed by atoms with E-state index in [1.54, 1.807) is 37.8 Å². The molecule has 200 valence electrons. The number of halogens is 1. The van der Waals surface area contributed by atoms with E-state index >= 15 is 0 Å². The Labute approximate surface area is 229 Å². The number of hydrogen-bond donors (Lipinski definition) is 1. The number of nitrogens with one attached hydrogen (secondary N) is 1. The molecular weight excluding hydrogens is 498 g/mol. The van der Waals surface area contributed by atoms with Crippen molar-refractivity contribution in [3.05, 3.63) is 63.9 Å². The third-order valence-corrected chi connectivity index (χ3v) is 7.21. The van der Waals surface area contributed by atoms with Crippen LogP contribution in [0.2, 0.25) is 5.02 Å². The maximum atomic E-state index is 13.0. The van der Waals surface area contributed by atoms with Crippen LogP contribution in [-0.4, -0.2) is 56.1 Å². The molecule has 3 aromatic heterocycles. The summed E-state index contributed by atoms with van der Waals surface area (Å²) in [6.07, 6.45) is 12.3. The summed E-state index contributed by atoms with van der Waals surface area (Å²) in [7, 11) is 6.08. The van der Waals surface area contributed by atoms with Crippen molar-refractivity contribution in [3.8, 4) is 22.4 Å². The molecule has 1 saturated carbocycles. The highest BCUT2D eigenvalue weighted by molar-refractivity contribution is 6.33. The van der Waals surface area contributed by atoms with E-state index < -0.39 is 0 Å². The highest BCUT2D eigenvalue weighted by atomic mass is 35.5. The highest BCUT2D eigenvalue weighted by Gasteiger charge is 2.15. The Bertz CT molecular complexity index is 1460. The normalized spacial score (nSPS) is 13.9. The number of benzene rings is 1. The Morgan fingerprint density at radius 1 is 1.05 bits per heavy atom. The van der Waals surface area contributed by atoms with E-state index in [9.17, 15) is 4.79 Å². The topological polar surface area (TPSA) is 88.8 Å². The largest absolute Gasteiger partial charge is 0.354 e.